The Bertz CT molecular complexity index is 1480. The zero-order valence-electron chi connectivity index (χ0n) is 23.5. The van der Waals surface area contributed by atoms with Gasteiger partial charge in [-0.25, -0.2) is 9.59 Å². The number of carbonyl (C=O) groups excluding carboxylic acids is 2. The van der Waals surface area contributed by atoms with Gasteiger partial charge in [-0.1, -0.05) is 29.8 Å². The molecular formula is C32H33ClN2O6. The zero-order chi connectivity index (χ0) is 29.7. The molecule has 214 valence electrons. The van der Waals surface area contributed by atoms with Gasteiger partial charge in [0.05, 0.1) is 30.9 Å². The standard InChI is InChI=1S/C32H33ClN2O6/c1-32(2,3)41-31(38)35(19-29(36)21-6-5-7-24(33)14-21)25-11-8-20-9-12-26(16-23(20)15-25)40-27-13-10-22(18-34)28(17-27)30(37)39-4/h5-7,9-10,12-14,16-17,25,29,36H,8,11,15,19H2,1-4H3/t25-,29+/m0/s1. The Morgan fingerprint density at radius 1 is 1.10 bits per heavy atom. The van der Waals surface area contributed by atoms with Crippen LogP contribution in [0, 0.1) is 11.3 Å². The number of nitrogens with zero attached hydrogens (tertiary/aromatic N) is 2. The molecule has 0 aromatic heterocycles. The minimum absolute atomic E-state index is 0.0486. The van der Waals surface area contributed by atoms with E-state index < -0.39 is 23.8 Å². The molecule has 8 nitrogen and oxygen atoms in total. The van der Waals surface area contributed by atoms with Gasteiger partial charge in [-0.15, -0.1) is 0 Å². The largest absolute Gasteiger partial charge is 0.465 e. The van der Waals surface area contributed by atoms with Gasteiger partial charge in [0.1, 0.15) is 23.2 Å². The summed E-state index contributed by atoms with van der Waals surface area (Å²) in [5.74, 6) is 0.312. The molecule has 0 fully saturated rings. The number of esters is 1. The minimum atomic E-state index is -0.947. The van der Waals surface area contributed by atoms with Crippen LogP contribution < -0.4 is 4.74 Å². The summed E-state index contributed by atoms with van der Waals surface area (Å²) < 4.78 is 16.6. The Morgan fingerprint density at radius 2 is 1.83 bits per heavy atom. The van der Waals surface area contributed by atoms with Crippen molar-refractivity contribution in [2.24, 2.45) is 0 Å². The van der Waals surface area contributed by atoms with Gasteiger partial charge in [-0.3, -0.25) is 0 Å². The van der Waals surface area contributed by atoms with Gasteiger partial charge < -0.3 is 24.2 Å². The fourth-order valence-electron chi connectivity index (χ4n) is 4.84. The Balaban J connectivity index is 1.57. The first-order valence-electron chi connectivity index (χ1n) is 13.3. The molecule has 2 atom stereocenters. The molecule has 9 heteroatoms. The number of ether oxygens (including phenoxy) is 3. The van der Waals surface area contributed by atoms with Crippen molar-refractivity contribution in [1.82, 2.24) is 4.90 Å². The third-order valence-corrected chi connectivity index (χ3v) is 7.04. The molecule has 0 saturated carbocycles. The first kappa shape index (κ1) is 29.9. The first-order valence-corrected chi connectivity index (χ1v) is 13.7. The van der Waals surface area contributed by atoms with E-state index in [9.17, 15) is 20.0 Å². The highest BCUT2D eigenvalue weighted by Gasteiger charge is 2.33. The molecule has 3 aromatic carbocycles. The van der Waals surface area contributed by atoms with Gasteiger partial charge >= 0.3 is 12.1 Å². The van der Waals surface area contributed by atoms with Crippen molar-refractivity contribution < 1.29 is 28.9 Å². The predicted molar refractivity (Wildman–Crippen MR) is 154 cm³/mol. The summed E-state index contributed by atoms with van der Waals surface area (Å²) >= 11 is 6.13. The molecule has 0 bridgehead atoms. The lowest BCUT2D eigenvalue weighted by atomic mass is 9.87. The average Bonchev–Trinajstić information content (AvgIpc) is 2.94. The van der Waals surface area contributed by atoms with E-state index in [1.165, 1.54) is 19.2 Å². The maximum Gasteiger partial charge on any atom is 0.410 e. The average molecular weight is 577 g/mol. The van der Waals surface area contributed by atoms with E-state index >= 15 is 0 Å². The molecule has 3 aromatic rings. The molecule has 0 saturated heterocycles. The van der Waals surface area contributed by atoms with Crippen LogP contribution in [0.5, 0.6) is 11.5 Å². The van der Waals surface area contributed by atoms with Crippen molar-refractivity contribution in [3.8, 4) is 17.6 Å². The van der Waals surface area contributed by atoms with Gasteiger partial charge in [0.25, 0.3) is 0 Å². The number of aryl methyl sites for hydroxylation is 1. The number of nitriles is 1. The molecule has 0 aliphatic heterocycles. The van der Waals surface area contributed by atoms with Crippen LogP contribution in [0.15, 0.2) is 60.7 Å². The number of methoxy groups -OCH3 is 1. The van der Waals surface area contributed by atoms with Crippen molar-refractivity contribution in [2.75, 3.05) is 13.7 Å². The van der Waals surface area contributed by atoms with Crippen molar-refractivity contribution in [3.63, 3.8) is 0 Å². The number of hydrogen-bond donors (Lipinski definition) is 1. The fraction of sp³-hybridized carbons (Fsp3) is 0.344. The molecule has 1 N–H and O–H groups in total. The molecule has 1 aliphatic carbocycles. The number of fused-ring (bicyclic) bond motifs is 1. The second-order valence-electron chi connectivity index (χ2n) is 10.9. The zero-order valence-corrected chi connectivity index (χ0v) is 24.3. The van der Waals surface area contributed by atoms with Crippen LogP contribution in [0.2, 0.25) is 5.02 Å². The van der Waals surface area contributed by atoms with Crippen LogP contribution in [-0.2, 0) is 22.3 Å². The number of amides is 1. The molecule has 1 amide bonds. The monoisotopic (exact) mass is 576 g/mol. The van der Waals surface area contributed by atoms with E-state index in [1.54, 1.807) is 35.2 Å². The summed E-state index contributed by atoms with van der Waals surface area (Å²) in [7, 11) is 1.26. The highest BCUT2D eigenvalue weighted by Crippen LogP contribution is 2.32. The number of hydrogen-bond acceptors (Lipinski definition) is 7. The number of aliphatic hydroxyl groups is 1. The molecule has 4 rings (SSSR count). The van der Waals surface area contributed by atoms with Gasteiger partial charge in [0.2, 0.25) is 0 Å². The Morgan fingerprint density at radius 3 is 2.51 bits per heavy atom. The molecule has 0 radical (unpaired) electrons. The van der Waals surface area contributed by atoms with E-state index in [4.69, 9.17) is 25.8 Å². The number of carbonyl (C=O) groups is 2. The predicted octanol–water partition coefficient (Wildman–Crippen LogP) is 6.62. The smallest absolute Gasteiger partial charge is 0.410 e. The Kier molecular flexibility index (Phi) is 9.21. The van der Waals surface area contributed by atoms with Crippen LogP contribution in [0.4, 0.5) is 4.79 Å². The molecule has 1 aliphatic rings. The molecule has 0 spiro atoms. The quantitative estimate of drug-likeness (QED) is 0.315. The van der Waals surface area contributed by atoms with Gasteiger partial charge in [-0.2, -0.15) is 5.26 Å². The summed E-state index contributed by atoms with van der Waals surface area (Å²) in [6.45, 7) is 5.48. The maximum absolute atomic E-state index is 13.4. The second-order valence-corrected chi connectivity index (χ2v) is 11.4. The van der Waals surface area contributed by atoms with Gasteiger partial charge in [-0.05, 0) is 99.2 Å². The van der Waals surface area contributed by atoms with Gasteiger partial charge in [0, 0.05) is 11.1 Å². The molecular weight excluding hydrogens is 544 g/mol. The van der Waals surface area contributed by atoms with E-state index in [0.29, 0.717) is 34.9 Å². The van der Waals surface area contributed by atoms with Crippen LogP contribution in [0.3, 0.4) is 0 Å². The van der Waals surface area contributed by atoms with Crippen LogP contribution in [0.25, 0.3) is 0 Å². The van der Waals surface area contributed by atoms with Crippen molar-refractivity contribution in [2.45, 2.75) is 57.8 Å². The highest BCUT2D eigenvalue weighted by atomic mass is 35.5. The lowest BCUT2D eigenvalue weighted by Gasteiger charge is -2.37. The van der Waals surface area contributed by atoms with Crippen molar-refractivity contribution >= 4 is 23.7 Å². The fourth-order valence-corrected chi connectivity index (χ4v) is 5.04. The first-order chi connectivity index (χ1) is 19.5. The molecule has 0 heterocycles. The summed E-state index contributed by atoms with van der Waals surface area (Å²) in [4.78, 5) is 27.1. The van der Waals surface area contributed by atoms with Gasteiger partial charge in [0.15, 0.2) is 0 Å². The SMILES string of the molecule is COC(=O)c1cc(Oc2ccc3c(c2)C[C@@H](N(C[C@@H](O)c2cccc(Cl)c2)C(=O)OC(C)(C)C)CC3)ccc1C#N. The Hall–Kier alpha value is -4.06. The number of aliphatic hydroxyl groups excluding tert-OH is 1. The van der Waals surface area contributed by atoms with Crippen molar-refractivity contribution in [3.05, 3.63) is 93.5 Å². The third kappa shape index (κ3) is 7.57. The normalized spacial score (nSPS) is 15.2. The molecule has 41 heavy (non-hydrogen) atoms. The minimum Gasteiger partial charge on any atom is -0.465 e. The number of benzene rings is 3. The lowest BCUT2D eigenvalue weighted by molar-refractivity contribution is 0.00194. The van der Waals surface area contributed by atoms with E-state index in [1.807, 2.05) is 45.0 Å². The lowest BCUT2D eigenvalue weighted by Crippen LogP contribution is -2.47. The summed E-state index contributed by atoms with van der Waals surface area (Å²) in [5, 5.41) is 20.9. The van der Waals surface area contributed by atoms with Crippen LogP contribution >= 0.6 is 11.6 Å². The Labute approximate surface area is 245 Å². The maximum atomic E-state index is 13.4. The topological polar surface area (TPSA) is 109 Å². The summed E-state index contributed by atoms with van der Waals surface area (Å²) in [6, 6.07) is 19.1. The van der Waals surface area contributed by atoms with Crippen LogP contribution in [0.1, 0.15) is 65.9 Å². The summed E-state index contributed by atoms with van der Waals surface area (Å²) in [6.07, 6.45) is 0.530. The second kappa shape index (κ2) is 12.6. The van der Waals surface area contributed by atoms with Crippen molar-refractivity contribution in [1.29, 1.82) is 5.26 Å². The van der Waals surface area contributed by atoms with E-state index in [-0.39, 0.29) is 23.7 Å². The van der Waals surface area contributed by atoms with E-state index in [0.717, 1.165) is 17.5 Å². The number of rotatable bonds is 7. The summed E-state index contributed by atoms with van der Waals surface area (Å²) in [5.41, 5.74) is 2.38. The van der Waals surface area contributed by atoms with E-state index in [2.05, 4.69) is 0 Å². The third-order valence-electron chi connectivity index (χ3n) is 6.80. The number of halogens is 1. The molecule has 0 unspecified atom stereocenters. The highest BCUT2D eigenvalue weighted by molar-refractivity contribution is 6.30. The van der Waals surface area contributed by atoms with Crippen LogP contribution in [-0.4, -0.2) is 47.4 Å².